The van der Waals surface area contributed by atoms with Crippen molar-refractivity contribution in [1.29, 1.82) is 0 Å². The van der Waals surface area contributed by atoms with E-state index in [4.69, 9.17) is 0 Å². The lowest BCUT2D eigenvalue weighted by Crippen LogP contribution is -2.40. The summed E-state index contributed by atoms with van der Waals surface area (Å²) >= 11 is 0. The molecule has 1 fully saturated rings. The van der Waals surface area contributed by atoms with E-state index in [0.717, 1.165) is 30.0 Å². The number of likely N-dealkylation sites (tertiary alicyclic amines) is 1. The molecule has 1 saturated heterocycles. The molecule has 2 unspecified atom stereocenters. The highest BCUT2D eigenvalue weighted by atomic mass is 16.1. The smallest absolute Gasteiger partial charge is 0.248 e. The number of hydrogen-bond donors (Lipinski definition) is 1. The predicted octanol–water partition coefficient (Wildman–Crippen LogP) is 4.57. The zero-order chi connectivity index (χ0) is 19.8. The number of aryl methyl sites for hydroxylation is 1. The van der Waals surface area contributed by atoms with Crippen LogP contribution in [0.15, 0.2) is 60.7 Å². The lowest BCUT2D eigenvalue weighted by atomic mass is 9.88. The number of nitrogens with zero attached hydrogens (tertiary/aromatic N) is 1. The van der Waals surface area contributed by atoms with E-state index in [1.807, 2.05) is 48.5 Å². The number of carbonyl (C=O) groups excluding carboxylic acids is 1. The molecular formula is C25H34N2O2. The Morgan fingerprint density at radius 1 is 1.10 bits per heavy atom. The molecule has 2 atom stereocenters. The molecule has 2 aromatic carbocycles. The fourth-order valence-electron chi connectivity index (χ4n) is 4.09. The van der Waals surface area contributed by atoms with Crippen LogP contribution < -0.4 is 5.32 Å². The van der Waals surface area contributed by atoms with E-state index in [0.29, 0.717) is 6.04 Å². The summed E-state index contributed by atoms with van der Waals surface area (Å²) in [5.74, 6) is 0.765. The summed E-state index contributed by atoms with van der Waals surface area (Å²) in [6.07, 6.45) is 9.48. The molecular weight excluding hydrogens is 360 g/mol. The monoisotopic (exact) mass is 394 g/mol. The number of rotatable bonds is 7. The van der Waals surface area contributed by atoms with Crippen molar-refractivity contribution in [2.24, 2.45) is 5.92 Å². The van der Waals surface area contributed by atoms with Crippen LogP contribution in [0.25, 0.3) is 6.08 Å². The molecule has 1 amide bonds. The first-order valence-electron chi connectivity index (χ1n) is 10.5. The molecule has 3 N–H and O–H groups in total. The molecule has 0 aromatic heterocycles. The second-order valence-electron chi connectivity index (χ2n) is 7.87. The van der Waals surface area contributed by atoms with E-state index >= 15 is 0 Å². The van der Waals surface area contributed by atoms with Crippen LogP contribution >= 0.6 is 0 Å². The highest BCUT2D eigenvalue weighted by molar-refractivity contribution is 6.02. The van der Waals surface area contributed by atoms with Gasteiger partial charge in [-0.3, -0.25) is 4.79 Å². The summed E-state index contributed by atoms with van der Waals surface area (Å²) in [5, 5.41) is 3.06. The molecule has 0 spiro atoms. The minimum atomic E-state index is -0.0862. The molecule has 0 bridgehead atoms. The number of benzene rings is 2. The van der Waals surface area contributed by atoms with Gasteiger partial charge in [0.25, 0.3) is 0 Å². The van der Waals surface area contributed by atoms with Gasteiger partial charge in [-0.25, -0.2) is 0 Å². The maximum Gasteiger partial charge on any atom is 0.248 e. The summed E-state index contributed by atoms with van der Waals surface area (Å²) in [5.41, 5.74) is 3.17. The van der Waals surface area contributed by atoms with Crippen molar-refractivity contribution in [3.8, 4) is 0 Å². The summed E-state index contributed by atoms with van der Waals surface area (Å²) in [7, 11) is 2.26. The quantitative estimate of drug-likeness (QED) is 0.699. The fourth-order valence-corrected chi connectivity index (χ4v) is 4.09. The van der Waals surface area contributed by atoms with Gasteiger partial charge >= 0.3 is 0 Å². The summed E-state index contributed by atoms with van der Waals surface area (Å²) in [4.78, 5) is 14.9. The number of piperidine rings is 1. The van der Waals surface area contributed by atoms with E-state index in [-0.39, 0.29) is 11.4 Å². The molecule has 4 heteroatoms. The first kappa shape index (κ1) is 22.9. The third-order valence-corrected chi connectivity index (χ3v) is 5.90. The van der Waals surface area contributed by atoms with Gasteiger partial charge in [-0.05, 0) is 61.9 Å². The molecule has 0 aliphatic carbocycles. The van der Waals surface area contributed by atoms with Crippen LogP contribution in [0.3, 0.4) is 0 Å². The highest BCUT2D eigenvalue weighted by Gasteiger charge is 2.24. The van der Waals surface area contributed by atoms with Crippen LogP contribution in [0, 0.1) is 5.92 Å². The minimum Gasteiger partial charge on any atom is -0.412 e. The first-order chi connectivity index (χ1) is 13.7. The Kier molecular flexibility index (Phi) is 9.10. The zero-order valence-electron chi connectivity index (χ0n) is 17.6. The van der Waals surface area contributed by atoms with E-state index in [1.165, 1.54) is 31.4 Å². The van der Waals surface area contributed by atoms with Crippen LogP contribution in [0.1, 0.15) is 43.7 Å². The maximum atomic E-state index is 12.4. The number of anilines is 1. The molecule has 2 aromatic rings. The Labute approximate surface area is 174 Å². The predicted molar refractivity (Wildman–Crippen MR) is 122 cm³/mol. The SMILES string of the molecule is CCC1CCC(CCc2ccccc2NC(=O)C=Cc2ccccc2)N(C)C1.O. The van der Waals surface area contributed by atoms with Crippen LogP contribution in [0.5, 0.6) is 0 Å². The maximum absolute atomic E-state index is 12.4. The van der Waals surface area contributed by atoms with Crippen molar-refractivity contribution in [3.63, 3.8) is 0 Å². The number of carbonyl (C=O) groups is 1. The number of hydrogen-bond acceptors (Lipinski definition) is 2. The molecule has 1 aliphatic heterocycles. The van der Waals surface area contributed by atoms with Gasteiger partial charge in [0.1, 0.15) is 0 Å². The van der Waals surface area contributed by atoms with Crippen molar-refractivity contribution in [2.45, 2.75) is 45.1 Å². The lowest BCUT2D eigenvalue weighted by Gasteiger charge is -2.37. The summed E-state index contributed by atoms with van der Waals surface area (Å²) < 4.78 is 0. The van der Waals surface area contributed by atoms with Gasteiger partial charge in [0.2, 0.25) is 5.91 Å². The van der Waals surface area contributed by atoms with Crippen molar-refractivity contribution in [3.05, 3.63) is 71.8 Å². The second-order valence-corrected chi connectivity index (χ2v) is 7.87. The topological polar surface area (TPSA) is 63.8 Å². The van der Waals surface area contributed by atoms with E-state index in [9.17, 15) is 4.79 Å². The van der Waals surface area contributed by atoms with Gasteiger partial charge in [-0.15, -0.1) is 0 Å². The van der Waals surface area contributed by atoms with Gasteiger partial charge < -0.3 is 15.7 Å². The molecule has 1 aliphatic rings. The third kappa shape index (κ3) is 6.84. The van der Waals surface area contributed by atoms with Gasteiger partial charge in [0.05, 0.1) is 0 Å². The largest absolute Gasteiger partial charge is 0.412 e. The van der Waals surface area contributed by atoms with Crippen LogP contribution in [0.2, 0.25) is 0 Å². The second kappa shape index (κ2) is 11.5. The van der Waals surface area contributed by atoms with Gasteiger partial charge in [0.15, 0.2) is 0 Å². The average Bonchev–Trinajstić information content (AvgIpc) is 2.73. The van der Waals surface area contributed by atoms with Gasteiger partial charge in [0, 0.05) is 24.4 Å². The standard InChI is InChI=1S/C25H32N2O.H2O/c1-3-20-13-16-23(27(2)19-20)17-15-22-11-7-8-12-24(22)26-25(28)18-14-21-9-5-4-6-10-21;/h4-12,14,18,20,23H,3,13,15-17,19H2,1-2H3,(H,26,28);1H2. The Morgan fingerprint density at radius 3 is 2.55 bits per heavy atom. The molecule has 1 heterocycles. The van der Waals surface area contributed by atoms with Gasteiger partial charge in [-0.2, -0.15) is 0 Å². The first-order valence-corrected chi connectivity index (χ1v) is 10.5. The Balaban J connectivity index is 0.00000300. The molecule has 0 saturated carbocycles. The molecule has 4 nitrogen and oxygen atoms in total. The zero-order valence-corrected chi connectivity index (χ0v) is 17.6. The molecule has 156 valence electrons. The van der Waals surface area contributed by atoms with E-state index in [2.05, 4.69) is 36.3 Å². The molecule has 3 rings (SSSR count). The van der Waals surface area contributed by atoms with E-state index < -0.39 is 0 Å². The average molecular weight is 395 g/mol. The minimum absolute atomic E-state index is 0. The number of nitrogens with one attached hydrogen (secondary N) is 1. The van der Waals surface area contributed by atoms with Crippen molar-refractivity contribution in [1.82, 2.24) is 4.90 Å². The number of amides is 1. The molecule has 0 radical (unpaired) electrons. The van der Waals surface area contributed by atoms with Crippen LogP contribution in [0.4, 0.5) is 5.69 Å². The van der Waals surface area contributed by atoms with E-state index in [1.54, 1.807) is 6.08 Å². The van der Waals surface area contributed by atoms with Crippen molar-refractivity contribution in [2.75, 3.05) is 18.9 Å². The highest BCUT2D eigenvalue weighted by Crippen LogP contribution is 2.27. The Morgan fingerprint density at radius 2 is 1.83 bits per heavy atom. The van der Waals surface area contributed by atoms with Crippen LogP contribution in [-0.4, -0.2) is 35.9 Å². The lowest BCUT2D eigenvalue weighted by molar-refractivity contribution is -0.111. The third-order valence-electron chi connectivity index (χ3n) is 5.90. The van der Waals surface area contributed by atoms with Crippen molar-refractivity contribution < 1.29 is 10.3 Å². The Bertz CT molecular complexity index is 788. The van der Waals surface area contributed by atoms with Crippen LogP contribution in [-0.2, 0) is 11.2 Å². The normalized spacial score (nSPS) is 19.7. The number of para-hydroxylation sites is 1. The fraction of sp³-hybridized carbons (Fsp3) is 0.400. The summed E-state index contributed by atoms with van der Waals surface area (Å²) in [6.45, 7) is 3.51. The summed E-state index contributed by atoms with van der Waals surface area (Å²) in [6, 6.07) is 18.7. The Hall–Kier alpha value is -2.43. The van der Waals surface area contributed by atoms with Gasteiger partial charge in [-0.1, -0.05) is 61.9 Å². The van der Waals surface area contributed by atoms with Crippen molar-refractivity contribution >= 4 is 17.7 Å². The molecule has 29 heavy (non-hydrogen) atoms.